The van der Waals surface area contributed by atoms with E-state index in [1.807, 2.05) is 51.1 Å². The van der Waals surface area contributed by atoms with Gasteiger partial charge in [-0.05, 0) is 42.8 Å². The molecule has 4 heteroatoms. The molecule has 0 bridgehead atoms. The van der Waals surface area contributed by atoms with Crippen LogP contribution >= 0.6 is 0 Å². The largest absolute Gasteiger partial charge is 0.459 e. The first-order valence-corrected chi connectivity index (χ1v) is 8.49. The Morgan fingerprint density at radius 3 is 2.48 bits per heavy atom. The van der Waals surface area contributed by atoms with Gasteiger partial charge in [-0.2, -0.15) is 0 Å². The van der Waals surface area contributed by atoms with Crippen LogP contribution in [0, 0.1) is 13.8 Å². The number of nitrogens with one attached hydrogen (secondary N) is 1. The van der Waals surface area contributed by atoms with Gasteiger partial charge in [0.05, 0.1) is 12.1 Å². The van der Waals surface area contributed by atoms with Crippen LogP contribution in [0.5, 0.6) is 0 Å². The zero-order chi connectivity index (χ0) is 17.7. The van der Waals surface area contributed by atoms with Crippen molar-refractivity contribution in [3.8, 4) is 11.3 Å². The summed E-state index contributed by atoms with van der Waals surface area (Å²) in [6.45, 7) is 7.20. The molecule has 126 valence electrons. The van der Waals surface area contributed by atoms with Gasteiger partial charge in [0.25, 0.3) is 0 Å². The van der Waals surface area contributed by atoms with E-state index >= 15 is 0 Å². The van der Waals surface area contributed by atoms with Gasteiger partial charge < -0.3 is 9.73 Å². The molecule has 0 radical (unpaired) electrons. The highest BCUT2D eigenvalue weighted by Gasteiger charge is 2.37. The van der Waals surface area contributed by atoms with Crippen LogP contribution in [0.1, 0.15) is 44.5 Å². The van der Waals surface area contributed by atoms with Gasteiger partial charge in [0.2, 0.25) is 11.6 Å². The normalized spacial score (nSPS) is 13.2. The Hall–Kier alpha value is -2.72. The van der Waals surface area contributed by atoms with E-state index < -0.39 is 11.6 Å². The molecule has 4 rings (SSSR count). The van der Waals surface area contributed by atoms with Gasteiger partial charge in [0.15, 0.2) is 0 Å². The van der Waals surface area contributed by atoms with Gasteiger partial charge in [-0.1, -0.05) is 31.2 Å². The summed E-state index contributed by atoms with van der Waals surface area (Å²) in [6, 6.07) is 9.70. The summed E-state index contributed by atoms with van der Waals surface area (Å²) in [5.41, 5.74) is 3.42. The van der Waals surface area contributed by atoms with Crippen molar-refractivity contribution in [2.24, 2.45) is 0 Å². The summed E-state index contributed by atoms with van der Waals surface area (Å²) >= 11 is 0. The number of carbonyl (C=O) groups is 2. The third kappa shape index (κ3) is 2.18. The lowest BCUT2D eigenvalue weighted by molar-refractivity contribution is 0.0815. The molecule has 0 fully saturated rings. The number of ketones is 2. The van der Waals surface area contributed by atoms with Gasteiger partial charge in [0, 0.05) is 16.7 Å². The minimum Gasteiger partial charge on any atom is -0.459 e. The monoisotopic (exact) mass is 333 g/mol. The zero-order valence-electron chi connectivity index (χ0n) is 14.5. The second kappa shape index (κ2) is 5.67. The minimum absolute atomic E-state index is 0.414. The summed E-state index contributed by atoms with van der Waals surface area (Å²) in [6.07, 6.45) is 0. The number of furan rings is 1. The van der Waals surface area contributed by atoms with E-state index in [0.29, 0.717) is 34.8 Å². The number of hydrogen-bond acceptors (Lipinski definition) is 4. The third-order valence-electron chi connectivity index (χ3n) is 4.97. The minimum atomic E-state index is -0.472. The molecule has 0 atom stereocenters. The molecule has 1 aliphatic rings. The van der Waals surface area contributed by atoms with Crippen molar-refractivity contribution < 1.29 is 14.0 Å². The second-order valence-corrected chi connectivity index (χ2v) is 6.45. The zero-order valence-corrected chi connectivity index (χ0v) is 14.5. The average Bonchev–Trinajstić information content (AvgIpc) is 2.94. The van der Waals surface area contributed by atoms with Gasteiger partial charge in [-0.25, -0.2) is 0 Å². The smallest absolute Gasteiger partial charge is 0.237 e. The summed E-state index contributed by atoms with van der Waals surface area (Å²) in [7, 11) is 0. The number of hydrogen-bond donors (Lipinski definition) is 1. The molecule has 0 saturated carbocycles. The van der Waals surface area contributed by atoms with E-state index in [4.69, 9.17) is 4.42 Å². The van der Waals surface area contributed by atoms with Crippen LogP contribution in [0.4, 0.5) is 0 Å². The van der Waals surface area contributed by atoms with E-state index in [1.54, 1.807) is 0 Å². The van der Waals surface area contributed by atoms with Crippen molar-refractivity contribution in [2.75, 3.05) is 6.54 Å². The summed E-state index contributed by atoms with van der Waals surface area (Å²) < 4.78 is 6.03. The molecule has 0 spiro atoms. The Morgan fingerprint density at radius 1 is 0.960 bits per heavy atom. The lowest BCUT2D eigenvalue weighted by Gasteiger charge is -2.16. The highest BCUT2D eigenvalue weighted by Crippen LogP contribution is 2.41. The summed E-state index contributed by atoms with van der Waals surface area (Å²) in [4.78, 5) is 25.7. The van der Waals surface area contributed by atoms with Gasteiger partial charge in [-0.3, -0.25) is 9.59 Å². The fourth-order valence-electron chi connectivity index (χ4n) is 3.61. The van der Waals surface area contributed by atoms with E-state index in [2.05, 4.69) is 5.32 Å². The number of carbonyl (C=O) groups excluding carboxylic acids is 2. The van der Waals surface area contributed by atoms with E-state index in [-0.39, 0.29) is 0 Å². The Labute approximate surface area is 145 Å². The molecule has 1 aromatic heterocycles. The fraction of sp³-hybridized carbons (Fsp3) is 0.238. The van der Waals surface area contributed by atoms with E-state index in [1.165, 1.54) is 0 Å². The topological polar surface area (TPSA) is 59.3 Å². The van der Waals surface area contributed by atoms with Crippen LogP contribution in [0.15, 0.2) is 34.7 Å². The number of aryl methyl sites for hydroxylation is 1. The van der Waals surface area contributed by atoms with Crippen LogP contribution in [0.25, 0.3) is 22.1 Å². The maximum atomic E-state index is 12.9. The van der Waals surface area contributed by atoms with Crippen molar-refractivity contribution in [3.05, 3.63) is 58.3 Å². The third-order valence-corrected chi connectivity index (χ3v) is 4.97. The van der Waals surface area contributed by atoms with Crippen molar-refractivity contribution in [2.45, 2.75) is 27.3 Å². The molecule has 1 N–H and O–H groups in total. The first-order chi connectivity index (χ1) is 12.0. The molecular weight excluding hydrogens is 314 g/mol. The van der Waals surface area contributed by atoms with Crippen LogP contribution in [0.3, 0.4) is 0 Å². The molecule has 1 aliphatic carbocycles. The molecule has 25 heavy (non-hydrogen) atoms. The summed E-state index contributed by atoms with van der Waals surface area (Å²) in [5, 5.41) is 5.01. The SMILES string of the molecule is CCNCc1oc2c(c1C)C(=O)C(=O)c1c-2ccc2c(C)cccc12. The predicted molar refractivity (Wildman–Crippen MR) is 97.2 cm³/mol. The van der Waals surface area contributed by atoms with Crippen LogP contribution in [-0.2, 0) is 6.54 Å². The Balaban J connectivity index is 2.03. The van der Waals surface area contributed by atoms with Gasteiger partial charge in [-0.15, -0.1) is 0 Å². The first-order valence-electron chi connectivity index (χ1n) is 8.49. The number of rotatable bonds is 3. The fourth-order valence-corrected chi connectivity index (χ4v) is 3.61. The first kappa shape index (κ1) is 15.8. The number of Topliss-reactive ketones (excluding diaryl/α,β-unsaturated/α-hetero) is 2. The number of fused-ring (bicyclic) bond motifs is 5. The van der Waals surface area contributed by atoms with E-state index in [0.717, 1.165) is 28.4 Å². The summed E-state index contributed by atoms with van der Waals surface area (Å²) in [5.74, 6) is 0.316. The van der Waals surface area contributed by atoms with Crippen molar-refractivity contribution in [1.29, 1.82) is 0 Å². The Bertz CT molecular complexity index is 1040. The van der Waals surface area contributed by atoms with Crippen LogP contribution < -0.4 is 5.32 Å². The Kier molecular flexibility index (Phi) is 3.58. The Morgan fingerprint density at radius 2 is 1.72 bits per heavy atom. The molecule has 0 unspecified atom stereocenters. The molecule has 3 aromatic rings. The highest BCUT2D eigenvalue weighted by molar-refractivity contribution is 6.54. The van der Waals surface area contributed by atoms with Crippen molar-refractivity contribution in [3.63, 3.8) is 0 Å². The van der Waals surface area contributed by atoms with Gasteiger partial charge in [0.1, 0.15) is 11.5 Å². The molecule has 4 nitrogen and oxygen atoms in total. The van der Waals surface area contributed by atoms with Crippen molar-refractivity contribution >= 4 is 22.3 Å². The lowest BCUT2D eigenvalue weighted by Crippen LogP contribution is -2.21. The second-order valence-electron chi connectivity index (χ2n) is 6.45. The van der Waals surface area contributed by atoms with Crippen molar-refractivity contribution in [1.82, 2.24) is 5.32 Å². The predicted octanol–water partition coefficient (Wildman–Crippen LogP) is 4.21. The average molecular weight is 333 g/mol. The maximum absolute atomic E-state index is 12.9. The number of benzene rings is 2. The van der Waals surface area contributed by atoms with Gasteiger partial charge >= 0.3 is 0 Å². The molecule has 2 aromatic carbocycles. The maximum Gasteiger partial charge on any atom is 0.237 e. The highest BCUT2D eigenvalue weighted by atomic mass is 16.3. The standard InChI is InChI=1S/C21H19NO3/c1-4-22-10-16-12(3)17-19(23)20(24)18-14-7-5-6-11(2)13(14)8-9-15(18)21(17)25-16/h5-9,22H,4,10H2,1-3H3. The quantitative estimate of drug-likeness (QED) is 0.730. The molecular formula is C21H19NO3. The van der Waals surface area contributed by atoms with E-state index in [9.17, 15) is 9.59 Å². The molecule has 0 aliphatic heterocycles. The van der Waals surface area contributed by atoms with Crippen LogP contribution in [-0.4, -0.2) is 18.1 Å². The lowest BCUT2D eigenvalue weighted by atomic mass is 9.83. The van der Waals surface area contributed by atoms with Crippen LogP contribution in [0.2, 0.25) is 0 Å². The molecule has 1 heterocycles. The molecule has 0 amide bonds. The molecule has 0 saturated heterocycles.